The summed E-state index contributed by atoms with van der Waals surface area (Å²) in [6, 6.07) is 11.6. The zero-order valence-corrected chi connectivity index (χ0v) is 15.6. The number of amides is 3. The number of ether oxygens (including phenoxy) is 1. The number of nitrogens with zero attached hydrogens (tertiary/aromatic N) is 1. The Morgan fingerprint density at radius 1 is 1.19 bits per heavy atom. The van der Waals surface area contributed by atoms with Crippen molar-refractivity contribution in [2.45, 2.75) is 0 Å². The molecule has 2 N–H and O–H groups in total. The Morgan fingerprint density at radius 3 is 2.73 bits per heavy atom. The van der Waals surface area contributed by atoms with E-state index in [1.807, 2.05) is 0 Å². The summed E-state index contributed by atoms with van der Waals surface area (Å²) in [5.74, 6) is -0.972. The van der Waals surface area contributed by atoms with Crippen molar-refractivity contribution in [3.05, 3.63) is 57.5 Å². The van der Waals surface area contributed by atoms with Crippen molar-refractivity contribution in [2.75, 3.05) is 18.1 Å². The number of halogens is 2. The molecular weight excluding hydrogens is 426 g/mol. The van der Waals surface area contributed by atoms with Crippen molar-refractivity contribution in [3.8, 4) is 5.75 Å². The molecule has 26 heavy (non-hydrogen) atoms. The molecule has 1 heterocycles. The van der Waals surface area contributed by atoms with Crippen LogP contribution < -0.4 is 20.5 Å². The number of hydrogen-bond acceptors (Lipinski definition) is 4. The van der Waals surface area contributed by atoms with Crippen LogP contribution in [0.2, 0.25) is 5.02 Å². The molecule has 0 saturated carbocycles. The highest BCUT2D eigenvalue weighted by Gasteiger charge is 2.27. The second-order valence-corrected chi connectivity index (χ2v) is 6.65. The molecule has 0 radical (unpaired) electrons. The molecule has 0 bridgehead atoms. The highest BCUT2D eigenvalue weighted by molar-refractivity contribution is 9.10. The van der Waals surface area contributed by atoms with Crippen LogP contribution in [0.15, 0.2) is 46.9 Å². The largest absolute Gasteiger partial charge is 0.482 e. The molecule has 0 fully saturated rings. The van der Waals surface area contributed by atoms with Gasteiger partial charge in [0.1, 0.15) is 12.3 Å². The molecule has 0 aromatic heterocycles. The third-order valence-corrected chi connectivity index (χ3v) is 4.53. The van der Waals surface area contributed by atoms with Crippen LogP contribution >= 0.6 is 27.5 Å². The van der Waals surface area contributed by atoms with E-state index in [1.165, 1.54) is 4.90 Å². The molecule has 2 aromatic rings. The number of carbonyl (C=O) groups excluding carboxylic acids is 3. The van der Waals surface area contributed by atoms with Crippen LogP contribution in [0.3, 0.4) is 0 Å². The van der Waals surface area contributed by atoms with E-state index in [0.717, 1.165) is 0 Å². The highest BCUT2D eigenvalue weighted by Crippen LogP contribution is 2.34. The van der Waals surface area contributed by atoms with Crippen LogP contribution in [0.5, 0.6) is 5.75 Å². The fraction of sp³-hybridized carbons (Fsp3) is 0.118. The van der Waals surface area contributed by atoms with E-state index < -0.39 is 11.8 Å². The summed E-state index contributed by atoms with van der Waals surface area (Å²) >= 11 is 9.22. The predicted molar refractivity (Wildman–Crippen MR) is 99.1 cm³/mol. The van der Waals surface area contributed by atoms with Gasteiger partial charge in [-0.15, -0.1) is 0 Å². The van der Waals surface area contributed by atoms with Gasteiger partial charge in [0.05, 0.1) is 11.3 Å². The highest BCUT2D eigenvalue weighted by atomic mass is 79.9. The maximum Gasteiger partial charge on any atom is 0.270 e. The van der Waals surface area contributed by atoms with Gasteiger partial charge in [-0.05, 0) is 46.3 Å². The topological polar surface area (TPSA) is 87.7 Å². The van der Waals surface area contributed by atoms with E-state index in [1.54, 1.807) is 42.5 Å². The normalized spacial score (nSPS) is 12.8. The first kappa shape index (κ1) is 18.2. The molecule has 7 nitrogen and oxygen atoms in total. The van der Waals surface area contributed by atoms with Gasteiger partial charge in [-0.3, -0.25) is 30.1 Å². The Hall–Kier alpha value is -2.58. The molecule has 0 spiro atoms. The van der Waals surface area contributed by atoms with Crippen LogP contribution in [0.25, 0.3) is 0 Å². The molecule has 0 atom stereocenters. The number of benzene rings is 2. The van der Waals surface area contributed by atoms with Gasteiger partial charge in [0.15, 0.2) is 6.61 Å². The minimum Gasteiger partial charge on any atom is -0.482 e. The molecular formula is C17H13BrClN3O4. The average molecular weight is 439 g/mol. The second kappa shape index (κ2) is 7.76. The van der Waals surface area contributed by atoms with E-state index in [9.17, 15) is 14.4 Å². The third-order valence-electron chi connectivity index (χ3n) is 3.60. The van der Waals surface area contributed by atoms with Gasteiger partial charge < -0.3 is 4.74 Å². The summed E-state index contributed by atoms with van der Waals surface area (Å²) in [5, 5.41) is 0.412. The van der Waals surface area contributed by atoms with Crippen LogP contribution in [0, 0.1) is 0 Å². The first-order valence-corrected chi connectivity index (χ1v) is 8.69. The number of nitrogens with one attached hydrogen (secondary N) is 2. The lowest BCUT2D eigenvalue weighted by Gasteiger charge is -2.28. The fourth-order valence-corrected chi connectivity index (χ4v) is 3.00. The Labute approximate surface area is 162 Å². The van der Waals surface area contributed by atoms with E-state index in [0.29, 0.717) is 26.5 Å². The molecule has 9 heteroatoms. The summed E-state index contributed by atoms with van der Waals surface area (Å²) in [7, 11) is 0. The number of anilines is 1. The predicted octanol–water partition coefficient (Wildman–Crippen LogP) is 2.29. The Balaban J connectivity index is 1.65. The minimum atomic E-state index is -0.563. The zero-order chi connectivity index (χ0) is 18.7. The number of hydrogen-bond donors (Lipinski definition) is 2. The smallest absolute Gasteiger partial charge is 0.270 e. The first-order chi connectivity index (χ1) is 12.5. The lowest BCUT2D eigenvalue weighted by Crippen LogP contribution is -2.49. The third kappa shape index (κ3) is 3.97. The van der Waals surface area contributed by atoms with Crippen molar-refractivity contribution >= 4 is 50.9 Å². The Kier molecular flexibility index (Phi) is 5.43. The summed E-state index contributed by atoms with van der Waals surface area (Å²) < 4.78 is 5.91. The summed E-state index contributed by atoms with van der Waals surface area (Å²) in [5.41, 5.74) is 5.38. The maximum atomic E-state index is 12.2. The molecule has 0 unspecified atom stereocenters. The van der Waals surface area contributed by atoms with Gasteiger partial charge in [0, 0.05) is 9.50 Å². The van der Waals surface area contributed by atoms with Crippen LogP contribution in [-0.4, -0.2) is 30.9 Å². The van der Waals surface area contributed by atoms with E-state index in [-0.39, 0.29) is 19.1 Å². The lowest BCUT2D eigenvalue weighted by atomic mass is 10.2. The number of hydrazine groups is 1. The molecule has 1 aliphatic rings. The Bertz CT molecular complexity index is 890. The summed E-state index contributed by atoms with van der Waals surface area (Å²) in [6.07, 6.45) is 0. The maximum absolute atomic E-state index is 12.2. The van der Waals surface area contributed by atoms with Crippen molar-refractivity contribution < 1.29 is 19.1 Å². The van der Waals surface area contributed by atoms with Crippen molar-refractivity contribution in [2.24, 2.45) is 0 Å². The zero-order valence-electron chi connectivity index (χ0n) is 13.3. The summed E-state index contributed by atoms with van der Waals surface area (Å²) in [4.78, 5) is 37.6. The van der Waals surface area contributed by atoms with Crippen LogP contribution in [0.4, 0.5) is 5.69 Å². The van der Waals surface area contributed by atoms with Gasteiger partial charge >= 0.3 is 0 Å². The van der Waals surface area contributed by atoms with Crippen molar-refractivity contribution in [1.82, 2.24) is 10.9 Å². The second-order valence-electron chi connectivity index (χ2n) is 5.36. The van der Waals surface area contributed by atoms with E-state index >= 15 is 0 Å². The van der Waals surface area contributed by atoms with Crippen molar-refractivity contribution in [3.63, 3.8) is 0 Å². The molecule has 1 aliphatic heterocycles. The molecule has 134 valence electrons. The number of carbonyl (C=O) groups is 3. The lowest BCUT2D eigenvalue weighted by molar-refractivity contribution is -0.125. The first-order valence-electron chi connectivity index (χ1n) is 7.52. The quantitative estimate of drug-likeness (QED) is 0.720. The van der Waals surface area contributed by atoms with Gasteiger partial charge in [0.2, 0.25) is 0 Å². The standard InChI is InChI=1S/C17H13BrClN3O4/c18-12-4-2-1-3-11(12)17(25)21-20-15(23)8-22-13-7-10(19)5-6-14(13)26-9-16(22)24/h1-7H,8-9H2,(H,20,23)(H,21,25). The van der Waals surface area contributed by atoms with Gasteiger partial charge in [0.25, 0.3) is 17.7 Å². The summed E-state index contributed by atoms with van der Waals surface area (Å²) in [6.45, 7) is -0.461. The van der Waals surface area contributed by atoms with Crippen LogP contribution in [-0.2, 0) is 9.59 Å². The van der Waals surface area contributed by atoms with Gasteiger partial charge in [-0.25, -0.2) is 0 Å². The van der Waals surface area contributed by atoms with E-state index in [2.05, 4.69) is 26.8 Å². The Morgan fingerprint density at radius 2 is 1.96 bits per heavy atom. The molecule has 3 amide bonds. The number of fused-ring (bicyclic) bond motifs is 1. The van der Waals surface area contributed by atoms with E-state index in [4.69, 9.17) is 16.3 Å². The minimum absolute atomic E-state index is 0.175. The molecule has 3 rings (SSSR count). The van der Waals surface area contributed by atoms with Gasteiger partial charge in [-0.1, -0.05) is 23.7 Å². The SMILES string of the molecule is O=C(CN1C(=O)COc2ccc(Cl)cc21)NNC(=O)c1ccccc1Br. The molecule has 2 aromatic carbocycles. The van der Waals surface area contributed by atoms with Crippen molar-refractivity contribution in [1.29, 1.82) is 0 Å². The monoisotopic (exact) mass is 437 g/mol. The molecule has 0 saturated heterocycles. The molecule has 0 aliphatic carbocycles. The van der Waals surface area contributed by atoms with Crippen LogP contribution in [0.1, 0.15) is 10.4 Å². The fourth-order valence-electron chi connectivity index (χ4n) is 2.37. The number of rotatable bonds is 3. The average Bonchev–Trinajstić information content (AvgIpc) is 2.62. The van der Waals surface area contributed by atoms with Gasteiger partial charge in [-0.2, -0.15) is 0 Å².